The van der Waals surface area contributed by atoms with E-state index in [1.54, 1.807) is 6.33 Å². The van der Waals surface area contributed by atoms with Crippen LogP contribution < -0.4 is 5.32 Å². The van der Waals surface area contributed by atoms with E-state index in [4.69, 9.17) is 4.99 Å². The van der Waals surface area contributed by atoms with Crippen LogP contribution in [0.3, 0.4) is 0 Å². The molecule has 6 nitrogen and oxygen atoms in total. The first kappa shape index (κ1) is 25.6. The van der Waals surface area contributed by atoms with E-state index in [9.17, 15) is 0 Å². The molecule has 0 amide bonds. The Bertz CT molecular complexity index is 932. The zero-order chi connectivity index (χ0) is 23.9. The molecule has 1 aromatic heterocycles. The quantitative estimate of drug-likeness (QED) is 0.450. The summed E-state index contributed by atoms with van der Waals surface area (Å²) in [5, 5.41) is 3.60. The Balaban J connectivity index is 2.46. The van der Waals surface area contributed by atoms with Crippen LogP contribution in [0.5, 0.6) is 0 Å². The van der Waals surface area contributed by atoms with E-state index in [-0.39, 0.29) is 5.41 Å². The summed E-state index contributed by atoms with van der Waals surface area (Å²) in [6.07, 6.45) is 5.95. The number of aryl methyl sites for hydroxylation is 2. The molecule has 0 aliphatic carbocycles. The van der Waals surface area contributed by atoms with Crippen LogP contribution in [-0.2, 0) is 12.5 Å². The summed E-state index contributed by atoms with van der Waals surface area (Å²) in [7, 11) is 3.80. The summed E-state index contributed by atoms with van der Waals surface area (Å²) in [6, 6.07) is 6.60. The monoisotopic (exact) mass is 438 g/mol. The third-order valence-corrected chi connectivity index (χ3v) is 6.08. The number of aromatic nitrogens is 2. The molecule has 32 heavy (non-hydrogen) atoms. The number of aliphatic imine (C=N–C) groups is 2. The van der Waals surface area contributed by atoms with Gasteiger partial charge in [0.2, 0.25) is 5.96 Å². The molecule has 1 atom stereocenters. The number of hydrogen-bond donors (Lipinski definition) is 1. The molecule has 0 fully saturated rings. The number of amidine groups is 1. The van der Waals surface area contributed by atoms with Crippen molar-refractivity contribution in [1.82, 2.24) is 14.5 Å². The molecule has 176 valence electrons. The van der Waals surface area contributed by atoms with Crippen LogP contribution in [0.15, 0.2) is 40.7 Å². The lowest BCUT2D eigenvalue weighted by Gasteiger charge is -2.24. The van der Waals surface area contributed by atoms with Gasteiger partial charge < -0.3 is 14.8 Å². The van der Waals surface area contributed by atoms with Crippen LogP contribution in [0.25, 0.3) is 0 Å². The molecule has 0 bridgehead atoms. The van der Waals surface area contributed by atoms with E-state index in [0.717, 1.165) is 42.7 Å². The van der Waals surface area contributed by atoms with Crippen molar-refractivity contribution in [2.45, 2.75) is 66.7 Å². The molecule has 0 saturated carbocycles. The summed E-state index contributed by atoms with van der Waals surface area (Å²) in [5.41, 5.74) is 4.49. The molecule has 1 heterocycles. The molecule has 1 aromatic carbocycles. The van der Waals surface area contributed by atoms with Crippen LogP contribution >= 0.6 is 0 Å². The van der Waals surface area contributed by atoms with Crippen molar-refractivity contribution in [2.24, 2.45) is 23.0 Å². The van der Waals surface area contributed by atoms with Gasteiger partial charge in [-0.3, -0.25) is 4.99 Å². The van der Waals surface area contributed by atoms with Gasteiger partial charge in [0.25, 0.3) is 0 Å². The fourth-order valence-corrected chi connectivity index (χ4v) is 3.43. The first-order valence-electron chi connectivity index (χ1n) is 11.8. The molecule has 2 aromatic rings. The van der Waals surface area contributed by atoms with Gasteiger partial charge in [0, 0.05) is 32.9 Å². The Morgan fingerprint density at radius 1 is 1.25 bits per heavy atom. The fraction of sp³-hybridized carbons (Fsp3) is 0.577. The van der Waals surface area contributed by atoms with Crippen molar-refractivity contribution < 1.29 is 0 Å². The molecule has 0 spiro atoms. The molecule has 1 N–H and O–H groups in total. The summed E-state index contributed by atoms with van der Waals surface area (Å²) < 4.78 is 1.98. The molecule has 6 heteroatoms. The summed E-state index contributed by atoms with van der Waals surface area (Å²) in [6.45, 7) is 17.3. The Kier molecular flexibility index (Phi) is 9.05. The van der Waals surface area contributed by atoms with Gasteiger partial charge in [-0.05, 0) is 48.8 Å². The molecular weight excluding hydrogens is 396 g/mol. The van der Waals surface area contributed by atoms with Crippen molar-refractivity contribution in [3.63, 3.8) is 0 Å². The summed E-state index contributed by atoms with van der Waals surface area (Å²) in [4.78, 5) is 16.1. The van der Waals surface area contributed by atoms with Crippen molar-refractivity contribution >= 4 is 17.5 Å². The predicted octanol–water partition coefficient (Wildman–Crippen LogP) is 5.63. The molecule has 0 aliphatic heterocycles. The minimum absolute atomic E-state index is 0.0684. The number of nitrogens with zero attached hydrogens (tertiary/aromatic N) is 5. The Labute approximate surface area is 194 Å². The van der Waals surface area contributed by atoms with Gasteiger partial charge in [0.05, 0.1) is 12.5 Å². The lowest BCUT2D eigenvalue weighted by Crippen LogP contribution is -2.33. The minimum atomic E-state index is 0.0684. The fourth-order valence-electron chi connectivity index (χ4n) is 3.43. The predicted molar refractivity (Wildman–Crippen MR) is 138 cm³/mol. The molecule has 1 unspecified atom stereocenters. The van der Waals surface area contributed by atoms with Crippen LogP contribution in [0.2, 0.25) is 0 Å². The largest absolute Gasteiger partial charge is 0.341 e. The van der Waals surface area contributed by atoms with Crippen LogP contribution in [0.4, 0.5) is 5.69 Å². The van der Waals surface area contributed by atoms with Gasteiger partial charge in [-0.1, -0.05) is 53.2 Å². The summed E-state index contributed by atoms with van der Waals surface area (Å²) >= 11 is 0. The van der Waals surface area contributed by atoms with E-state index < -0.39 is 0 Å². The first-order chi connectivity index (χ1) is 15.1. The SMILES string of the molecule is CCC(C)CCN(CC)C(=NC)/N=C(/Nc1cc(C(C)(C)C)ccc1C)c1cncn1C. The highest BCUT2D eigenvalue weighted by atomic mass is 15.3. The number of imidazole rings is 1. The molecule has 0 radical (unpaired) electrons. The zero-order valence-electron chi connectivity index (χ0n) is 21.5. The lowest BCUT2D eigenvalue weighted by atomic mass is 9.86. The van der Waals surface area contributed by atoms with Gasteiger partial charge in [-0.15, -0.1) is 0 Å². The standard InChI is InChI=1S/C26H42N6/c1-10-19(3)14-15-32(11-2)25(27-8)30-24(23-17-28-18-31(23)9)29-22-16-21(26(5,6)7)13-12-20(22)4/h12-13,16-19H,10-11,14-15H2,1-9H3,(H,27,29,30). The molecular formula is C26H42N6. The highest BCUT2D eigenvalue weighted by Gasteiger charge is 2.18. The minimum Gasteiger partial charge on any atom is -0.341 e. The highest BCUT2D eigenvalue weighted by Crippen LogP contribution is 2.27. The second-order valence-corrected chi connectivity index (χ2v) is 9.66. The lowest BCUT2D eigenvalue weighted by molar-refractivity contribution is 0.376. The van der Waals surface area contributed by atoms with E-state index in [2.05, 4.69) is 86.9 Å². The van der Waals surface area contributed by atoms with Crippen molar-refractivity contribution in [2.75, 3.05) is 25.5 Å². The number of guanidine groups is 1. The van der Waals surface area contributed by atoms with Gasteiger partial charge >= 0.3 is 0 Å². The van der Waals surface area contributed by atoms with Crippen molar-refractivity contribution in [1.29, 1.82) is 0 Å². The number of hydrogen-bond acceptors (Lipinski definition) is 2. The Hall–Kier alpha value is -2.63. The zero-order valence-corrected chi connectivity index (χ0v) is 21.5. The van der Waals surface area contributed by atoms with Crippen LogP contribution in [0.1, 0.15) is 71.2 Å². The van der Waals surface area contributed by atoms with Crippen LogP contribution in [-0.4, -0.2) is 46.4 Å². The second kappa shape index (κ2) is 11.3. The Morgan fingerprint density at radius 3 is 2.50 bits per heavy atom. The third kappa shape index (κ3) is 6.68. The Morgan fingerprint density at radius 2 is 1.97 bits per heavy atom. The maximum atomic E-state index is 5.02. The van der Waals surface area contributed by atoms with Gasteiger partial charge in [-0.2, -0.15) is 4.99 Å². The normalized spacial score (nSPS) is 13.9. The van der Waals surface area contributed by atoms with E-state index in [0.29, 0.717) is 5.92 Å². The van der Waals surface area contributed by atoms with Crippen molar-refractivity contribution in [3.05, 3.63) is 47.5 Å². The average molecular weight is 439 g/mol. The smallest absolute Gasteiger partial charge is 0.222 e. The average Bonchev–Trinajstić information content (AvgIpc) is 3.18. The van der Waals surface area contributed by atoms with E-state index >= 15 is 0 Å². The summed E-state index contributed by atoms with van der Waals surface area (Å²) in [5.74, 6) is 2.18. The second-order valence-electron chi connectivity index (χ2n) is 9.66. The maximum Gasteiger partial charge on any atom is 0.222 e. The topological polar surface area (TPSA) is 57.8 Å². The van der Waals surface area contributed by atoms with Crippen molar-refractivity contribution in [3.8, 4) is 0 Å². The van der Waals surface area contributed by atoms with Gasteiger partial charge in [0.15, 0.2) is 5.84 Å². The molecule has 0 aliphatic rings. The van der Waals surface area contributed by atoms with E-state index in [1.807, 2.05) is 24.9 Å². The maximum absolute atomic E-state index is 5.02. The third-order valence-electron chi connectivity index (χ3n) is 6.08. The van der Waals surface area contributed by atoms with Crippen LogP contribution in [0, 0.1) is 12.8 Å². The number of anilines is 1. The molecule has 2 rings (SSSR count). The van der Waals surface area contributed by atoms with Gasteiger partial charge in [-0.25, -0.2) is 4.98 Å². The van der Waals surface area contributed by atoms with Gasteiger partial charge in [0.1, 0.15) is 5.69 Å². The van der Waals surface area contributed by atoms with E-state index in [1.165, 1.54) is 17.5 Å². The molecule has 0 saturated heterocycles. The number of nitrogens with one attached hydrogen (secondary N) is 1. The first-order valence-corrected chi connectivity index (χ1v) is 11.8. The number of rotatable bonds is 7. The highest BCUT2D eigenvalue weighted by molar-refractivity contribution is 6.12. The number of benzene rings is 1.